The average molecular weight is 443 g/mol. The number of nitrogens with one attached hydrogen (secondary N) is 1. The first-order chi connectivity index (χ1) is 15.7. The second kappa shape index (κ2) is 10.7. The maximum Gasteiger partial charge on any atom is 0.341 e. The molecule has 2 aliphatic rings. The maximum atomic E-state index is 10.7. The van der Waals surface area contributed by atoms with E-state index in [9.17, 15) is 4.79 Å². The number of aromatic nitrogens is 3. The van der Waals surface area contributed by atoms with Crippen molar-refractivity contribution in [1.82, 2.24) is 15.0 Å². The van der Waals surface area contributed by atoms with E-state index in [2.05, 4.69) is 35.3 Å². The lowest BCUT2D eigenvalue weighted by Gasteiger charge is -2.30. The van der Waals surface area contributed by atoms with Gasteiger partial charge in [-0.25, -0.2) is 10.2 Å². The molecule has 12 heteroatoms. The summed E-state index contributed by atoms with van der Waals surface area (Å²) in [6, 6.07) is 6.96. The molecule has 170 valence electrons. The van der Waals surface area contributed by atoms with Gasteiger partial charge in [0, 0.05) is 26.2 Å². The standard InChI is InChI=1S/C20H25N7O5/c28-17(29)14-32-16-3-1-2-15(12-16)13-21-25-18-22-19(26-4-8-30-9-5-26)24-20(23-18)27-6-10-31-11-7-27/h1-3,12-13H,4-11,14H2,(H,28,29)(H,22,23,24,25)/b21-13-. The Balaban J connectivity index is 1.49. The monoisotopic (exact) mass is 443 g/mol. The molecule has 1 aromatic carbocycles. The minimum Gasteiger partial charge on any atom is -0.482 e. The fraction of sp³-hybridized carbons (Fsp3) is 0.450. The Bertz CT molecular complexity index is 909. The Morgan fingerprint density at radius 3 is 2.28 bits per heavy atom. The van der Waals surface area contributed by atoms with Crippen LogP contribution in [0.4, 0.5) is 17.8 Å². The van der Waals surface area contributed by atoms with Crippen LogP contribution in [0.1, 0.15) is 5.56 Å². The zero-order valence-corrected chi connectivity index (χ0v) is 17.5. The van der Waals surface area contributed by atoms with Gasteiger partial charge in [0.05, 0.1) is 32.6 Å². The van der Waals surface area contributed by atoms with Crippen LogP contribution in [0, 0.1) is 0 Å². The van der Waals surface area contributed by atoms with E-state index in [1.54, 1.807) is 24.4 Å². The predicted molar refractivity (Wildman–Crippen MR) is 117 cm³/mol. The summed E-state index contributed by atoms with van der Waals surface area (Å²) in [7, 11) is 0. The van der Waals surface area contributed by atoms with Crippen LogP contribution in [0.25, 0.3) is 0 Å². The number of aliphatic carboxylic acids is 1. The molecule has 3 heterocycles. The van der Waals surface area contributed by atoms with Gasteiger partial charge >= 0.3 is 5.97 Å². The van der Waals surface area contributed by atoms with Crippen molar-refractivity contribution >= 4 is 30.0 Å². The minimum atomic E-state index is -1.03. The lowest BCUT2D eigenvalue weighted by molar-refractivity contribution is -0.139. The van der Waals surface area contributed by atoms with Gasteiger partial charge in [0.1, 0.15) is 5.75 Å². The third-order valence-corrected chi connectivity index (χ3v) is 4.80. The first-order valence-electron chi connectivity index (χ1n) is 10.3. The molecule has 4 rings (SSSR count). The van der Waals surface area contributed by atoms with Crippen molar-refractivity contribution < 1.29 is 24.1 Å². The molecular formula is C20H25N7O5. The van der Waals surface area contributed by atoms with Crippen LogP contribution in [0.15, 0.2) is 29.4 Å². The summed E-state index contributed by atoms with van der Waals surface area (Å²) in [5, 5.41) is 13.0. The Hall–Kier alpha value is -3.51. The van der Waals surface area contributed by atoms with E-state index in [1.165, 1.54) is 0 Å². The number of hydrazone groups is 1. The van der Waals surface area contributed by atoms with E-state index in [-0.39, 0.29) is 0 Å². The van der Waals surface area contributed by atoms with Gasteiger partial charge in [0.15, 0.2) is 6.61 Å². The van der Waals surface area contributed by atoms with Gasteiger partial charge in [-0.2, -0.15) is 20.1 Å². The predicted octanol–water partition coefficient (Wildman–Crippen LogP) is 0.454. The molecule has 2 N–H and O–H groups in total. The number of carboxylic acid groups (broad SMARTS) is 1. The third-order valence-electron chi connectivity index (χ3n) is 4.80. The highest BCUT2D eigenvalue weighted by molar-refractivity contribution is 5.80. The molecule has 0 unspecified atom stereocenters. The Morgan fingerprint density at radius 1 is 1.06 bits per heavy atom. The number of rotatable bonds is 8. The fourth-order valence-electron chi connectivity index (χ4n) is 3.21. The highest BCUT2D eigenvalue weighted by atomic mass is 16.5. The van der Waals surface area contributed by atoms with Crippen LogP contribution in [-0.2, 0) is 14.3 Å². The number of ether oxygens (including phenoxy) is 3. The number of carboxylic acids is 1. The van der Waals surface area contributed by atoms with Gasteiger partial charge < -0.3 is 29.1 Å². The first-order valence-corrected chi connectivity index (χ1v) is 10.3. The summed E-state index contributed by atoms with van der Waals surface area (Å²) >= 11 is 0. The Morgan fingerprint density at radius 2 is 1.69 bits per heavy atom. The molecule has 0 atom stereocenters. The highest BCUT2D eigenvalue weighted by Crippen LogP contribution is 2.19. The van der Waals surface area contributed by atoms with E-state index in [1.807, 2.05) is 6.07 Å². The summed E-state index contributed by atoms with van der Waals surface area (Å²) in [5.41, 5.74) is 3.61. The van der Waals surface area contributed by atoms with Crippen molar-refractivity contribution in [2.24, 2.45) is 5.10 Å². The average Bonchev–Trinajstić information content (AvgIpc) is 2.84. The largest absolute Gasteiger partial charge is 0.482 e. The van der Waals surface area contributed by atoms with Gasteiger partial charge in [-0.1, -0.05) is 12.1 Å². The molecule has 2 aliphatic heterocycles. The van der Waals surface area contributed by atoms with Crippen molar-refractivity contribution in [3.8, 4) is 5.75 Å². The first kappa shape index (κ1) is 21.7. The van der Waals surface area contributed by atoms with Crippen LogP contribution in [0.3, 0.4) is 0 Å². The zero-order valence-electron chi connectivity index (χ0n) is 17.5. The van der Waals surface area contributed by atoms with Crippen LogP contribution in [-0.4, -0.2) is 91.5 Å². The molecule has 0 amide bonds. The zero-order chi connectivity index (χ0) is 22.2. The van der Waals surface area contributed by atoms with Crippen molar-refractivity contribution in [1.29, 1.82) is 0 Å². The van der Waals surface area contributed by atoms with Gasteiger partial charge in [0.2, 0.25) is 17.8 Å². The summed E-state index contributed by atoms with van der Waals surface area (Å²) in [6.45, 7) is 4.92. The molecule has 2 aromatic rings. The number of hydrogen-bond donors (Lipinski definition) is 2. The Labute approximate surface area is 184 Å². The Kier molecular flexibility index (Phi) is 7.25. The minimum absolute atomic E-state index is 0.331. The lowest BCUT2D eigenvalue weighted by Crippen LogP contribution is -2.40. The van der Waals surface area contributed by atoms with Crippen LogP contribution >= 0.6 is 0 Å². The van der Waals surface area contributed by atoms with Crippen LogP contribution < -0.4 is 20.0 Å². The van der Waals surface area contributed by atoms with Crippen molar-refractivity contribution in [2.45, 2.75) is 0 Å². The molecule has 2 saturated heterocycles. The van der Waals surface area contributed by atoms with Gasteiger partial charge in [0.25, 0.3) is 0 Å². The summed E-state index contributed by atoms with van der Waals surface area (Å²) in [4.78, 5) is 28.5. The van der Waals surface area contributed by atoms with Gasteiger partial charge in [-0.3, -0.25) is 0 Å². The number of benzene rings is 1. The maximum absolute atomic E-state index is 10.7. The number of nitrogens with zero attached hydrogens (tertiary/aromatic N) is 6. The van der Waals surface area contributed by atoms with Gasteiger partial charge in [-0.05, 0) is 17.7 Å². The quantitative estimate of drug-likeness (QED) is 0.435. The van der Waals surface area contributed by atoms with E-state index in [0.29, 0.717) is 76.2 Å². The van der Waals surface area contributed by atoms with E-state index >= 15 is 0 Å². The fourth-order valence-corrected chi connectivity index (χ4v) is 3.21. The van der Waals surface area contributed by atoms with Crippen LogP contribution in [0.5, 0.6) is 5.75 Å². The smallest absolute Gasteiger partial charge is 0.341 e. The summed E-state index contributed by atoms with van der Waals surface area (Å²) < 4.78 is 16.1. The molecule has 0 spiro atoms. The summed E-state index contributed by atoms with van der Waals surface area (Å²) in [5.74, 6) is 0.893. The van der Waals surface area contributed by atoms with Crippen molar-refractivity contribution in [3.63, 3.8) is 0 Å². The summed E-state index contributed by atoms with van der Waals surface area (Å²) in [6.07, 6.45) is 1.58. The number of morpholine rings is 2. The lowest BCUT2D eigenvalue weighted by atomic mass is 10.2. The molecule has 12 nitrogen and oxygen atoms in total. The number of carbonyl (C=O) groups is 1. The van der Waals surface area contributed by atoms with E-state index in [0.717, 1.165) is 5.56 Å². The molecule has 0 bridgehead atoms. The second-order valence-corrected chi connectivity index (χ2v) is 7.08. The molecule has 0 radical (unpaired) electrons. The normalized spacial score (nSPS) is 16.9. The molecular weight excluding hydrogens is 418 g/mol. The molecule has 2 fully saturated rings. The van der Waals surface area contributed by atoms with E-state index in [4.69, 9.17) is 19.3 Å². The molecule has 1 aromatic heterocycles. The SMILES string of the molecule is O=C(O)COc1cccc(/C=N\Nc2nc(N3CCOCC3)nc(N3CCOCC3)n2)c1. The number of hydrogen-bond acceptors (Lipinski definition) is 11. The van der Waals surface area contributed by atoms with Crippen molar-refractivity contribution in [3.05, 3.63) is 29.8 Å². The highest BCUT2D eigenvalue weighted by Gasteiger charge is 2.20. The van der Waals surface area contributed by atoms with Crippen LogP contribution in [0.2, 0.25) is 0 Å². The molecule has 0 aliphatic carbocycles. The van der Waals surface area contributed by atoms with Crippen molar-refractivity contribution in [2.75, 3.05) is 74.4 Å². The second-order valence-electron chi connectivity index (χ2n) is 7.08. The molecule has 32 heavy (non-hydrogen) atoms. The topological polar surface area (TPSA) is 135 Å². The molecule has 0 saturated carbocycles. The van der Waals surface area contributed by atoms with E-state index < -0.39 is 12.6 Å². The third kappa shape index (κ3) is 6.02. The van der Waals surface area contributed by atoms with Gasteiger partial charge in [-0.15, -0.1) is 0 Å². The number of anilines is 3.